The summed E-state index contributed by atoms with van der Waals surface area (Å²) < 4.78 is 5.07. The highest BCUT2D eigenvalue weighted by Gasteiger charge is 2.25. The third kappa shape index (κ3) is 4.90. The zero-order valence-corrected chi connectivity index (χ0v) is 16.3. The average Bonchev–Trinajstić information content (AvgIpc) is 3.13. The van der Waals surface area contributed by atoms with E-state index in [1.807, 2.05) is 6.07 Å². The van der Waals surface area contributed by atoms with Gasteiger partial charge in [0, 0.05) is 13.7 Å². The third-order valence-electron chi connectivity index (χ3n) is 4.94. The number of benzene rings is 1. The van der Waals surface area contributed by atoms with E-state index in [4.69, 9.17) is 4.74 Å². The van der Waals surface area contributed by atoms with E-state index in [2.05, 4.69) is 46.4 Å². The van der Waals surface area contributed by atoms with E-state index in [0.29, 0.717) is 18.0 Å². The Kier molecular flexibility index (Phi) is 6.77. The summed E-state index contributed by atoms with van der Waals surface area (Å²) in [5.41, 5.74) is 1.26. The van der Waals surface area contributed by atoms with Gasteiger partial charge in [-0.25, -0.2) is 4.98 Å². The molecule has 1 saturated heterocycles. The van der Waals surface area contributed by atoms with Crippen molar-refractivity contribution in [2.45, 2.75) is 32.4 Å². The summed E-state index contributed by atoms with van der Waals surface area (Å²) in [6, 6.07) is 10.7. The van der Waals surface area contributed by atoms with Crippen LogP contribution < -0.4 is 5.32 Å². The van der Waals surface area contributed by atoms with Gasteiger partial charge in [0.25, 0.3) is 5.91 Å². The van der Waals surface area contributed by atoms with Gasteiger partial charge in [-0.1, -0.05) is 37.3 Å². The molecule has 2 heterocycles. The van der Waals surface area contributed by atoms with E-state index in [9.17, 15) is 4.79 Å². The van der Waals surface area contributed by atoms with Crippen LogP contribution in [0.2, 0.25) is 0 Å². The first-order chi connectivity index (χ1) is 12.7. The zero-order chi connectivity index (χ0) is 18.4. The number of hydrogen-bond donors (Lipinski definition) is 1. The van der Waals surface area contributed by atoms with Crippen LogP contribution in [0.3, 0.4) is 0 Å². The van der Waals surface area contributed by atoms with Gasteiger partial charge in [0.15, 0.2) is 0 Å². The monoisotopic (exact) mass is 373 g/mol. The number of nitrogens with zero attached hydrogens (tertiary/aromatic N) is 2. The lowest BCUT2D eigenvalue weighted by Gasteiger charge is -2.37. The lowest BCUT2D eigenvalue weighted by Crippen LogP contribution is -2.41. The summed E-state index contributed by atoms with van der Waals surface area (Å²) in [4.78, 5) is 19.9. The lowest BCUT2D eigenvalue weighted by atomic mass is 9.95. The van der Waals surface area contributed by atoms with Crippen LogP contribution in [0.15, 0.2) is 36.5 Å². The van der Waals surface area contributed by atoms with Gasteiger partial charge < -0.3 is 10.1 Å². The molecule has 0 radical (unpaired) electrons. The first-order valence-corrected chi connectivity index (χ1v) is 10.00. The fraction of sp³-hybridized carbons (Fsp3) is 0.500. The van der Waals surface area contributed by atoms with Crippen molar-refractivity contribution in [3.8, 4) is 0 Å². The number of carbonyl (C=O) groups excluding carboxylic acids is 1. The van der Waals surface area contributed by atoms with Gasteiger partial charge in [-0.3, -0.25) is 9.69 Å². The number of carbonyl (C=O) groups is 1. The van der Waals surface area contributed by atoms with Gasteiger partial charge in [0.05, 0.1) is 18.8 Å². The number of thiazole rings is 1. The topological polar surface area (TPSA) is 54.5 Å². The van der Waals surface area contributed by atoms with Crippen molar-refractivity contribution in [1.29, 1.82) is 0 Å². The summed E-state index contributed by atoms with van der Waals surface area (Å²) in [5, 5.41) is 3.93. The van der Waals surface area contributed by atoms with Crippen molar-refractivity contribution in [2.75, 3.05) is 26.7 Å². The second-order valence-corrected chi connectivity index (χ2v) is 8.02. The fourth-order valence-electron chi connectivity index (χ4n) is 3.36. The van der Waals surface area contributed by atoms with Gasteiger partial charge in [0.1, 0.15) is 9.88 Å². The maximum atomic E-state index is 12.5. The van der Waals surface area contributed by atoms with Crippen LogP contribution in [0.4, 0.5) is 0 Å². The van der Waals surface area contributed by atoms with E-state index in [1.165, 1.54) is 29.7 Å². The van der Waals surface area contributed by atoms with Crippen LogP contribution in [0.5, 0.6) is 0 Å². The summed E-state index contributed by atoms with van der Waals surface area (Å²) in [6.45, 7) is 5.52. The largest absolute Gasteiger partial charge is 0.378 e. The summed E-state index contributed by atoms with van der Waals surface area (Å²) in [5.74, 6) is 0.727. The molecule has 2 aromatic rings. The third-order valence-corrected chi connectivity index (χ3v) is 5.91. The second-order valence-electron chi connectivity index (χ2n) is 6.91. The molecular formula is C20H27N3O2S. The standard InChI is InChI=1S/C20H27N3O2S/c1-15-8-10-23(11-9-15)17(16-6-4-3-5-7-16)12-22-20(24)18-13-21-19(26-18)14-25-2/h3-7,13,15,17H,8-12,14H2,1-2H3,(H,22,24). The Bertz CT molecular complexity index is 696. The Balaban J connectivity index is 1.66. The van der Waals surface area contributed by atoms with Gasteiger partial charge in [0.2, 0.25) is 0 Å². The SMILES string of the molecule is COCc1ncc(C(=O)NCC(c2ccccc2)N2CCC(C)CC2)s1. The minimum absolute atomic E-state index is 0.0591. The molecule has 1 aliphatic rings. The number of rotatable bonds is 7. The normalized spacial score (nSPS) is 17.2. The first-order valence-electron chi connectivity index (χ1n) is 9.18. The Labute approximate surface area is 159 Å². The van der Waals surface area contributed by atoms with Crippen LogP contribution in [0, 0.1) is 5.92 Å². The van der Waals surface area contributed by atoms with Gasteiger partial charge in [-0.2, -0.15) is 0 Å². The van der Waals surface area contributed by atoms with Crippen molar-refractivity contribution >= 4 is 17.2 Å². The quantitative estimate of drug-likeness (QED) is 0.807. The lowest BCUT2D eigenvalue weighted by molar-refractivity contribution is 0.0916. The van der Waals surface area contributed by atoms with Crippen molar-refractivity contribution in [2.24, 2.45) is 5.92 Å². The highest BCUT2D eigenvalue weighted by molar-refractivity contribution is 7.13. The van der Waals surface area contributed by atoms with Gasteiger partial charge >= 0.3 is 0 Å². The van der Waals surface area contributed by atoms with Crippen LogP contribution in [-0.2, 0) is 11.3 Å². The Morgan fingerprint density at radius 2 is 2.08 bits per heavy atom. The highest BCUT2D eigenvalue weighted by Crippen LogP contribution is 2.26. The number of piperidine rings is 1. The first kappa shape index (κ1) is 19.0. The zero-order valence-electron chi connectivity index (χ0n) is 15.5. The molecule has 140 valence electrons. The average molecular weight is 374 g/mol. The van der Waals surface area contributed by atoms with Crippen molar-refractivity contribution in [3.63, 3.8) is 0 Å². The van der Waals surface area contributed by atoms with Crippen molar-refractivity contribution < 1.29 is 9.53 Å². The molecule has 26 heavy (non-hydrogen) atoms. The Hall–Kier alpha value is -1.76. The molecule has 1 unspecified atom stereocenters. The molecule has 0 saturated carbocycles. The Morgan fingerprint density at radius 1 is 1.35 bits per heavy atom. The second kappa shape index (κ2) is 9.26. The van der Waals surface area contributed by atoms with E-state index >= 15 is 0 Å². The molecule has 0 aliphatic carbocycles. The summed E-state index contributed by atoms with van der Waals surface area (Å²) in [7, 11) is 1.63. The highest BCUT2D eigenvalue weighted by atomic mass is 32.1. The van der Waals surface area contributed by atoms with E-state index in [1.54, 1.807) is 13.3 Å². The van der Waals surface area contributed by atoms with Crippen LogP contribution in [0.25, 0.3) is 0 Å². The molecule has 1 aromatic heterocycles. The molecular weight excluding hydrogens is 346 g/mol. The number of amides is 1. The smallest absolute Gasteiger partial charge is 0.263 e. The molecule has 1 aromatic carbocycles. The molecule has 1 fully saturated rings. The van der Waals surface area contributed by atoms with Crippen molar-refractivity contribution in [3.05, 3.63) is 52.0 Å². The molecule has 1 atom stereocenters. The molecule has 0 spiro atoms. The molecule has 1 amide bonds. The molecule has 3 rings (SSSR count). The van der Waals surface area contributed by atoms with Crippen molar-refractivity contribution in [1.82, 2.24) is 15.2 Å². The molecule has 1 aliphatic heterocycles. The number of ether oxygens (including phenoxy) is 1. The minimum atomic E-state index is -0.0591. The molecule has 5 nitrogen and oxygen atoms in total. The minimum Gasteiger partial charge on any atom is -0.378 e. The van der Waals surface area contributed by atoms with E-state index in [-0.39, 0.29) is 11.9 Å². The van der Waals surface area contributed by atoms with E-state index in [0.717, 1.165) is 24.0 Å². The summed E-state index contributed by atoms with van der Waals surface area (Å²) >= 11 is 1.39. The molecule has 6 heteroatoms. The van der Waals surface area contributed by atoms with Gasteiger partial charge in [-0.05, 0) is 37.4 Å². The Morgan fingerprint density at radius 3 is 2.77 bits per heavy atom. The number of nitrogens with one attached hydrogen (secondary N) is 1. The molecule has 1 N–H and O–H groups in total. The van der Waals surface area contributed by atoms with Crippen LogP contribution in [-0.4, -0.2) is 42.5 Å². The van der Waals surface area contributed by atoms with Gasteiger partial charge in [-0.15, -0.1) is 11.3 Å². The maximum absolute atomic E-state index is 12.5. The number of methoxy groups -OCH3 is 1. The van der Waals surface area contributed by atoms with E-state index < -0.39 is 0 Å². The predicted octanol–water partition coefficient (Wildman–Crippen LogP) is 3.49. The fourth-order valence-corrected chi connectivity index (χ4v) is 4.16. The number of hydrogen-bond acceptors (Lipinski definition) is 5. The maximum Gasteiger partial charge on any atom is 0.263 e. The predicted molar refractivity (Wildman–Crippen MR) is 104 cm³/mol. The summed E-state index contributed by atoms with van der Waals surface area (Å²) in [6.07, 6.45) is 4.06. The van der Waals surface area contributed by atoms with Crippen LogP contribution in [0.1, 0.15) is 46.0 Å². The number of likely N-dealkylation sites (tertiary alicyclic amines) is 1. The van der Waals surface area contributed by atoms with Crippen LogP contribution >= 0.6 is 11.3 Å². The molecule has 0 bridgehead atoms. The number of aromatic nitrogens is 1.